The van der Waals surface area contributed by atoms with Crippen LogP contribution in [0.1, 0.15) is 49.7 Å². The summed E-state index contributed by atoms with van der Waals surface area (Å²) >= 11 is 0. The first-order valence-electron chi connectivity index (χ1n) is 12.1. The van der Waals surface area contributed by atoms with Crippen LogP contribution >= 0.6 is 0 Å². The molecule has 0 aliphatic heterocycles. The number of methoxy groups -OCH3 is 1. The van der Waals surface area contributed by atoms with Crippen LogP contribution in [0, 0.1) is 5.92 Å². The van der Waals surface area contributed by atoms with E-state index in [1.807, 2.05) is 36.4 Å². The first kappa shape index (κ1) is 24.7. The zero-order valence-corrected chi connectivity index (χ0v) is 20.0. The molecule has 4 rings (SSSR count). The molecular weight excluding hydrogens is 448 g/mol. The number of hydrogen-bond donors (Lipinski definition) is 3. The van der Waals surface area contributed by atoms with Crippen molar-refractivity contribution in [3.63, 3.8) is 0 Å². The van der Waals surface area contributed by atoms with Crippen molar-refractivity contribution in [2.45, 2.75) is 56.7 Å². The lowest BCUT2D eigenvalue weighted by atomic mass is 9.84. The van der Waals surface area contributed by atoms with Gasteiger partial charge in [0, 0.05) is 19.1 Å². The molecule has 0 saturated heterocycles. The number of alkyl carbamates (subject to hydrolysis) is 1. The van der Waals surface area contributed by atoms with E-state index in [1.165, 1.54) is 7.11 Å². The molecule has 1 saturated carbocycles. The van der Waals surface area contributed by atoms with Crippen LogP contribution in [0.2, 0.25) is 0 Å². The van der Waals surface area contributed by atoms with Crippen molar-refractivity contribution >= 4 is 18.0 Å². The second-order valence-electron chi connectivity index (χ2n) is 9.23. The van der Waals surface area contributed by atoms with Crippen LogP contribution < -0.4 is 10.6 Å². The molecule has 1 fully saturated rings. The fourth-order valence-corrected chi connectivity index (χ4v) is 5.17. The SMILES string of the molecule is COC(C)C(NC(=O)OCC1c2ccccc2-c2ccccc21)C(=O)N[C@H]1CCCC[C@H]1C(=O)O. The molecule has 3 N–H and O–H groups in total. The third kappa shape index (κ3) is 5.32. The standard InChI is InChI=1S/C27H32N2O6/c1-16(34-2)24(25(30)28-23-14-8-7-13-21(23)26(31)32)29-27(33)35-15-22-19-11-5-3-9-17(19)18-10-4-6-12-20(18)22/h3-6,9-12,16,21-24H,7-8,13-15H2,1-2H3,(H,28,30)(H,29,33)(H,31,32)/t16?,21-,23+,24?/m1/s1. The molecular formula is C27H32N2O6. The number of rotatable bonds is 8. The van der Waals surface area contributed by atoms with Gasteiger partial charge in [-0.3, -0.25) is 9.59 Å². The Labute approximate surface area is 205 Å². The van der Waals surface area contributed by atoms with Crippen LogP contribution in [0.5, 0.6) is 0 Å². The van der Waals surface area contributed by atoms with Crippen molar-refractivity contribution in [2.75, 3.05) is 13.7 Å². The van der Waals surface area contributed by atoms with E-state index < -0.39 is 42.1 Å². The Kier molecular flexibility index (Phi) is 7.70. The molecule has 0 radical (unpaired) electrons. The molecule has 2 aromatic rings. The third-order valence-corrected chi connectivity index (χ3v) is 7.15. The number of carbonyl (C=O) groups excluding carboxylic acids is 2. The molecule has 186 valence electrons. The summed E-state index contributed by atoms with van der Waals surface area (Å²) in [6.07, 6.45) is 1.40. The van der Waals surface area contributed by atoms with E-state index in [0.29, 0.717) is 12.8 Å². The molecule has 2 aromatic carbocycles. The van der Waals surface area contributed by atoms with Gasteiger partial charge in [-0.15, -0.1) is 0 Å². The van der Waals surface area contributed by atoms with E-state index in [4.69, 9.17) is 9.47 Å². The first-order valence-corrected chi connectivity index (χ1v) is 12.1. The normalized spacial score (nSPS) is 20.7. The quantitative estimate of drug-likeness (QED) is 0.531. The Bertz CT molecular complexity index is 1040. The van der Waals surface area contributed by atoms with Gasteiger partial charge in [-0.25, -0.2) is 4.79 Å². The van der Waals surface area contributed by atoms with E-state index in [2.05, 4.69) is 22.8 Å². The highest BCUT2D eigenvalue weighted by Crippen LogP contribution is 2.44. The van der Waals surface area contributed by atoms with Crippen LogP contribution in [0.25, 0.3) is 11.1 Å². The fraction of sp³-hybridized carbons (Fsp3) is 0.444. The van der Waals surface area contributed by atoms with Gasteiger partial charge in [0.05, 0.1) is 12.0 Å². The average Bonchev–Trinajstić information content (AvgIpc) is 3.19. The van der Waals surface area contributed by atoms with Gasteiger partial charge in [0.25, 0.3) is 0 Å². The summed E-state index contributed by atoms with van der Waals surface area (Å²) < 4.78 is 10.9. The summed E-state index contributed by atoms with van der Waals surface area (Å²) in [5, 5.41) is 15.0. The van der Waals surface area contributed by atoms with Crippen molar-refractivity contribution in [3.8, 4) is 11.1 Å². The van der Waals surface area contributed by atoms with Gasteiger partial charge in [0.1, 0.15) is 12.6 Å². The number of nitrogens with one attached hydrogen (secondary N) is 2. The molecule has 2 amide bonds. The van der Waals surface area contributed by atoms with E-state index in [0.717, 1.165) is 35.1 Å². The molecule has 4 atom stereocenters. The number of aliphatic carboxylic acids is 1. The predicted molar refractivity (Wildman–Crippen MR) is 130 cm³/mol. The molecule has 0 aromatic heterocycles. The summed E-state index contributed by atoms with van der Waals surface area (Å²) in [6.45, 7) is 1.79. The lowest BCUT2D eigenvalue weighted by molar-refractivity contribution is -0.144. The molecule has 8 nitrogen and oxygen atoms in total. The summed E-state index contributed by atoms with van der Waals surface area (Å²) in [5.41, 5.74) is 4.45. The van der Waals surface area contributed by atoms with Gasteiger partial charge in [-0.1, -0.05) is 61.4 Å². The van der Waals surface area contributed by atoms with Gasteiger partial charge in [0.2, 0.25) is 5.91 Å². The monoisotopic (exact) mass is 480 g/mol. The number of ether oxygens (including phenoxy) is 2. The zero-order chi connectivity index (χ0) is 24.9. The molecule has 35 heavy (non-hydrogen) atoms. The highest BCUT2D eigenvalue weighted by molar-refractivity contribution is 5.87. The molecule has 8 heteroatoms. The maximum absolute atomic E-state index is 13.0. The topological polar surface area (TPSA) is 114 Å². The Balaban J connectivity index is 1.41. The van der Waals surface area contributed by atoms with Crippen molar-refractivity contribution in [2.24, 2.45) is 5.92 Å². The number of benzene rings is 2. The first-order chi connectivity index (χ1) is 16.9. The number of carboxylic acids is 1. The van der Waals surface area contributed by atoms with E-state index in [-0.39, 0.29) is 12.5 Å². The van der Waals surface area contributed by atoms with Crippen LogP contribution in [0.3, 0.4) is 0 Å². The van der Waals surface area contributed by atoms with Crippen molar-refractivity contribution in [1.82, 2.24) is 10.6 Å². The third-order valence-electron chi connectivity index (χ3n) is 7.15. The minimum atomic E-state index is -1.02. The summed E-state index contributed by atoms with van der Waals surface area (Å²) in [7, 11) is 1.45. The second kappa shape index (κ2) is 10.9. The summed E-state index contributed by atoms with van der Waals surface area (Å²) in [5.74, 6) is -2.14. The average molecular weight is 481 g/mol. The predicted octanol–water partition coefficient (Wildman–Crippen LogP) is 3.69. The van der Waals surface area contributed by atoms with Gasteiger partial charge in [0.15, 0.2) is 0 Å². The smallest absolute Gasteiger partial charge is 0.407 e. The molecule has 2 unspecified atom stereocenters. The van der Waals surface area contributed by atoms with Crippen LogP contribution in [-0.2, 0) is 19.1 Å². The lowest BCUT2D eigenvalue weighted by Gasteiger charge is -2.31. The van der Waals surface area contributed by atoms with Crippen LogP contribution in [0.15, 0.2) is 48.5 Å². The molecule has 2 aliphatic carbocycles. The summed E-state index contributed by atoms with van der Waals surface area (Å²) in [6, 6.07) is 14.6. The van der Waals surface area contributed by atoms with Gasteiger partial charge in [-0.05, 0) is 42.0 Å². The van der Waals surface area contributed by atoms with Crippen molar-refractivity contribution in [1.29, 1.82) is 0 Å². The van der Waals surface area contributed by atoms with Gasteiger partial charge >= 0.3 is 12.1 Å². The number of carbonyl (C=O) groups is 3. The summed E-state index contributed by atoms with van der Waals surface area (Å²) in [4.78, 5) is 37.4. The van der Waals surface area contributed by atoms with Crippen LogP contribution in [0.4, 0.5) is 4.79 Å². The van der Waals surface area contributed by atoms with E-state index in [1.54, 1.807) is 6.92 Å². The fourth-order valence-electron chi connectivity index (χ4n) is 5.17. The number of amides is 2. The molecule has 0 bridgehead atoms. The Morgan fingerprint density at radius 2 is 1.60 bits per heavy atom. The van der Waals surface area contributed by atoms with Crippen LogP contribution in [-0.4, -0.2) is 55.0 Å². The highest BCUT2D eigenvalue weighted by Gasteiger charge is 2.36. The molecule has 0 heterocycles. The Morgan fingerprint density at radius 3 is 2.20 bits per heavy atom. The maximum Gasteiger partial charge on any atom is 0.407 e. The van der Waals surface area contributed by atoms with E-state index >= 15 is 0 Å². The molecule has 0 spiro atoms. The van der Waals surface area contributed by atoms with Gasteiger partial charge in [-0.2, -0.15) is 0 Å². The minimum Gasteiger partial charge on any atom is -0.481 e. The largest absolute Gasteiger partial charge is 0.481 e. The lowest BCUT2D eigenvalue weighted by Crippen LogP contribution is -2.57. The maximum atomic E-state index is 13.0. The Hall–Kier alpha value is -3.39. The number of fused-ring (bicyclic) bond motifs is 3. The number of hydrogen-bond acceptors (Lipinski definition) is 5. The second-order valence-corrected chi connectivity index (χ2v) is 9.23. The van der Waals surface area contributed by atoms with Crippen molar-refractivity contribution < 1.29 is 29.0 Å². The molecule has 2 aliphatic rings. The Morgan fingerprint density at radius 1 is 1.00 bits per heavy atom. The van der Waals surface area contributed by atoms with E-state index in [9.17, 15) is 19.5 Å². The highest BCUT2D eigenvalue weighted by atomic mass is 16.5. The van der Waals surface area contributed by atoms with Crippen molar-refractivity contribution in [3.05, 3.63) is 59.7 Å². The zero-order valence-electron chi connectivity index (χ0n) is 20.0. The van der Waals surface area contributed by atoms with Gasteiger partial charge < -0.3 is 25.2 Å². The number of carboxylic acid groups (broad SMARTS) is 1. The minimum absolute atomic E-state index is 0.0983.